The third-order valence-corrected chi connectivity index (χ3v) is 3.52. The Balaban J connectivity index is 1.98. The van der Waals surface area contributed by atoms with E-state index < -0.39 is 0 Å². The van der Waals surface area contributed by atoms with E-state index in [1.165, 1.54) is 12.1 Å². The summed E-state index contributed by atoms with van der Waals surface area (Å²) >= 11 is 6.03. The third kappa shape index (κ3) is 3.42. The van der Waals surface area contributed by atoms with Gasteiger partial charge in [0.2, 0.25) is 0 Å². The third-order valence-electron chi connectivity index (χ3n) is 3.19. The average molecular weight is 273 g/mol. The second kappa shape index (κ2) is 6.48. The maximum Gasteiger partial charge on any atom is 0.124 e. The molecule has 0 saturated carbocycles. The molecule has 1 fully saturated rings. The lowest BCUT2D eigenvalue weighted by atomic mass is 10.1. The average Bonchev–Trinajstić information content (AvgIpc) is 2.85. The van der Waals surface area contributed by atoms with Gasteiger partial charge >= 0.3 is 0 Å². The van der Waals surface area contributed by atoms with Crippen LogP contribution in [0.25, 0.3) is 0 Å². The standard InChI is InChI=1S/C13H18ClFN2O/c14-12-6-9(15)3-4-11(12)13(7-16)17-8-10-2-1-5-18-10/h3-4,6,10,13,17H,1-2,5,7-8,16H2. The summed E-state index contributed by atoms with van der Waals surface area (Å²) in [5.74, 6) is -0.335. The molecule has 1 aromatic rings. The van der Waals surface area contributed by atoms with E-state index in [2.05, 4.69) is 5.32 Å². The highest BCUT2D eigenvalue weighted by molar-refractivity contribution is 6.31. The van der Waals surface area contributed by atoms with Gasteiger partial charge in [-0.3, -0.25) is 0 Å². The summed E-state index contributed by atoms with van der Waals surface area (Å²) in [5.41, 5.74) is 6.57. The molecule has 1 aromatic carbocycles. The Morgan fingerprint density at radius 2 is 2.39 bits per heavy atom. The fourth-order valence-corrected chi connectivity index (χ4v) is 2.48. The van der Waals surface area contributed by atoms with Crippen LogP contribution >= 0.6 is 11.6 Å². The first-order valence-electron chi connectivity index (χ1n) is 6.20. The Kier molecular flexibility index (Phi) is 4.95. The lowest BCUT2D eigenvalue weighted by Crippen LogP contribution is -2.34. The summed E-state index contributed by atoms with van der Waals surface area (Å²) in [6.07, 6.45) is 2.43. The first-order valence-corrected chi connectivity index (χ1v) is 6.58. The zero-order chi connectivity index (χ0) is 13.0. The van der Waals surface area contributed by atoms with Crippen molar-refractivity contribution in [3.8, 4) is 0 Å². The predicted octanol–water partition coefficient (Wildman–Crippen LogP) is 2.25. The topological polar surface area (TPSA) is 47.3 Å². The Morgan fingerprint density at radius 1 is 1.56 bits per heavy atom. The zero-order valence-electron chi connectivity index (χ0n) is 10.2. The van der Waals surface area contributed by atoms with Crippen molar-refractivity contribution in [2.24, 2.45) is 5.73 Å². The van der Waals surface area contributed by atoms with Crippen LogP contribution in [0.1, 0.15) is 24.4 Å². The number of halogens is 2. The molecule has 0 amide bonds. The predicted molar refractivity (Wildman–Crippen MR) is 70.2 cm³/mol. The highest BCUT2D eigenvalue weighted by Crippen LogP contribution is 2.23. The first-order chi connectivity index (χ1) is 8.70. The molecule has 100 valence electrons. The summed E-state index contributed by atoms with van der Waals surface area (Å²) < 4.78 is 18.5. The van der Waals surface area contributed by atoms with Gasteiger partial charge in [-0.05, 0) is 30.5 Å². The van der Waals surface area contributed by atoms with Crippen molar-refractivity contribution in [1.82, 2.24) is 5.32 Å². The molecular formula is C13H18ClFN2O. The molecule has 5 heteroatoms. The summed E-state index contributed by atoms with van der Waals surface area (Å²) in [5, 5.41) is 3.74. The molecule has 2 rings (SSSR count). The maximum absolute atomic E-state index is 13.0. The summed E-state index contributed by atoms with van der Waals surface area (Å²) in [7, 11) is 0. The second-order valence-corrected chi connectivity index (χ2v) is 4.90. The number of nitrogens with one attached hydrogen (secondary N) is 1. The van der Waals surface area contributed by atoms with Crippen LogP contribution in [0.4, 0.5) is 4.39 Å². The first kappa shape index (κ1) is 13.7. The van der Waals surface area contributed by atoms with Crippen molar-refractivity contribution in [2.75, 3.05) is 19.7 Å². The van der Waals surface area contributed by atoms with Crippen LogP contribution in [0.5, 0.6) is 0 Å². The molecule has 3 nitrogen and oxygen atoms in total. The molecule has 1 saturated heterocycles. The number of ether oxygens (including phenoxy) is 1. The molecule has 18 heavy (non-hydrogen) atoms. The largest absolute Gasteiger partial charge is 0.377 e. The van der Waals surface area contributed by atoms with Gasteiger partial charge in [0.15, 0.2) is 0 Å². The van der Waals surface area contributed by atoms with Gasteiger partial charge in [-0.15, -0.1) is 0 Å². The van der Waals surface area contributed by atoms with E-state index in [-0.39, 0.29) is 18.0 Å². The fourth-order valence-electron chi connectivity index (χ4n) is 2.18. The molecule has 0 radical (unpaired) electrons. The molecule has 0 bridgehead atoms. The minimum absolute atomic E-state index is 0.0673. The zero-order valence-corrected chi connectivity index (χ0v) is 10.9. The molecular weight excluding hydrogens is 255 g/mol. The number of hydrogen-bond acceptors (Lipinski definition) is 3. The molecule has 0 spiro atoms. The van der Waals surface area contributed by atoms with Gasteiger partial charge in [0.05, 0.1) is 6.10 Å². The van der Waals surface area contributed by atoms with Gasteiger partial charge in [0.1, 0.15) is 5.82 Å². The normalized spacial score (nSPS) is 21.2. The van der Waals surface area contributed by atoms with E-state index in [0.29, 0.717) is 11.6 Å². The van der Waals surface area contributed by atoms with Crippen molar-refractivity contribution in [3.05, 3.63) is 34.6 Å². The van der Waals surface area contributed by atoms with Crippen LogP contribution in [0, 0.1) is 5.82 Å². The highest BCUT2D eigenvalue weighted by Gasteiger charge is 2.19. The minimum atomic E-state index is -0.335. The van der Waals surface area contributed by atoms with Crippen LogP contribution in [-0.4, -0.2) is 25.8 Å². The maximum atomic E-state index is 13.0. The summed E-state index contributed by atoms with van der Waals surface area (Å²) in [6, 6.07) is 4.32. The molecule has 3 N–H and O–H groups in total. The van der Waals surface area contributed by atoms with Gasteiger partial charge in [-0.1, -0.05) is 17.7 Å². The van der Waals surface area contributed by atoms with Crippen LogP contribution in [0.3, 0.4) is 0 Å². The van der Waals surface area contributed by atoms with Gasteiger partial charge in [-0.2, -0.15) is 0 Å². The molecule has 1 aliphatic rings. The second-order valence-electron chi connectivity index (χ2n) is 4.50. The van der Waals surface area contributed by atoms with Crippen molar-refractivity contribution in [3.63, 3.8) is 0 Å². The number of benzene rings is 1. The smallest absolute Gasteiger partial charge is 0.124 e. The van der Waals surface area contributed by atoms with Crippen LogP contribution in [-0.2, 0) is 4.74 Å². The Bertz CT molecular complexity index is 397. The molecule has 2 unspecified atom stereocenters. The van der Waals surface area contributed by atoms with Gasteiger partial charge < -0.3 is 15.8 Å². The molecule has 0 aliphatic carbocycles. The number of hydrogen-bond donors (Lipinski definition) is 2. The van der Waals surface area contributed by atoms with E-state index in [4.69, 9.17) is 22.1 Å². The Morgan fingerprint density at radius 3 is 3.00 bits per heavy atom. The van der Waals surface area contributed by atoms with Crippen LogP contribution < -0.4 is 11.1 Å². The Labute approximate surface area is 111 Å². The lowest BCUT2D eigenvalue weighted by Gasteiger charge is -2.20. The fraction of sp³-hybridized carbons (Fsp3) is 0.538. The number of nitrogens with two attached hydrogens (primary N) is 1. The molecule has 1 aliphatic heterocycles. The van der Waals surface area contributed by atoms with E-state index in [9.17, 15) is 4.39 Å². The van der Waals surface area contributed by atoms with E-state index >= 15 is 0 Å². The van der Waals surface area contributed by atoms with E-state index in [1.807, 2.05) is 0 Å². The van der Waals surface area contributed by atoms with Gasteiger partial charge in [-0.25, -0.2) is 4.39 Å². The molecule has 0 aromatic heterocycles. The molecule has 2 atom stereocenters. The minimum Gasteiger partial charge on any atom is -0.377 e. The van der Waals surface area contributed by atoms with Gasteiger partial charge in [0, 0.05) is 30.8 Å². The summed E-state index contributed by atoms with van der Waals surface area (Å²) in [6.45, 7) is 1.99. The van der Waals surface area contributed by atoms with Crippen LogP contribution in [0.15, 0.2) is 18.2 Å². The van der Waals surface area contributed by atoms with E-state index in [1.54, 1.807) is 6.07 Å². The highest BCUT2D eigenvalue weighted by atomic mass is 35.5. The van der Waals surface area contributed by atoms with Gasteiger partial charge in [0.25, 0.3) is 0 Å². The Hall–Kier alpha value is -0.680. The van der Waals surface area contributed by atoms with Crippen molar-refractivity contribution in [2.45, 2.75) is 25.0 Å². The SMILES string of the molecule is NCC(NCC1CCCO1)c1ccc(F)cc1Cl. The summed E-state index contributed by atoms with van der Waals surface area (Å²) in [4.78, 5) is 0. The van der Waals surface area contributed by atoms with Crippen molar-refractivity contribution in [1.29, 1.82) is 0 Å². The molecule has 1 heterocycles. The quantitative estimate of drug-likeness (QED) is 0.864. The lowest BCUT2D eigenvalue weighted by molar-refractivity contribution is 0.107. The van der Waals surface area contributed by atoms with Crippen LogP contribution in [0.2, 0.25) is 5.02 Å². The number of rotatable bonds is 5. The van der Waals surface area contributed by atoms with Crippen molar-refractivity contribution < 1.29 is 9.13 Å². The monoisotopic (exact) mass is 272 g/mol. The van der Waals surface area contributed by atoms with Crippen molar-refractivity contribution >= 4 is 11.6 Å². The van der Waals surface area contributed by atoms with E-state index in [0.717, 1.165) is 31.6 Å².